The lowest BCUT2D eigenvalue weighted by Gasteiger charge is -2.27. The third-order valence-electron chi connectivity index (χ3n) is 2.43. The first-order valence-corrected chi connectivity index (χ1v) is 5.38. The summed E-state index contributed by atoms with van der Waals surface area (Å²) in [5, 5.41) is 27.8. The van der Waals surface area contributed by atoms with E-state index in [4.69, 9.17) is 10.2 Å². The van der Waals surface area contributed by atoms with Crippen LogP contribution in [0.15, 0.2) is 0 Å². The van der Waals surface area contributed by atoms with Crippen molar-refractivity contribution >= 4 is 11.9 Å². The van der Waals surface area contributed by atoms with Crippen molar-refractivity contribution in [2.75, 3.05) is 0 Å². The van der Waals surface area contributed by atoms with Crippen LogP contribution >= 0.6 is 0 Å². The van der Waals surface area contributed by atoms with Crippen LogP contribution in [-0.4, -0.2) is 44.5 Å². The average Bonchev–Trinajstić information content (AvgIpc) is 2.18. The molecule has 0 bridgehead atoms. The summed E-state index contributed by atoms with van der Waals surface area (Å²) >= 11 is 0. The van der Waals surface area contributed by atoms with E-state index in [0.717, 1.165) is 6.42 Å². The lowest BCUT2D eigenvalue weighted by molar-refractivity contribution is -0.195. The Morgan fingerprint density at radius 2 is 1.62 bits per heavy atom. The fraction of sp³-hybridized carbons (Fsp3) is 0.800. The predicted molar refractivity (Wildman–Crippen MR) is 56.3 cm³/mol. The van der Waals surface area contributed by atoms with Gasteiger partial charge in [0.2, 0.25) is 0 Å². The number of rotatable bonds is 8. The molecular formula is C10H19NO5. The molecule has 0 aliphatic carbocycles. The first kappa shape index (κ1) is 14.9. The third kappa shape index (κ3) is 4.16. The zero-order chi connectivity index (χ0) is 12.7. The summed E-state index contributed by atoms with van der Waals surface area (Å²) in [6, 6.07) is -2.32. The minimum atomic E-state index is -1.22. The van der Waals surface area contributed by atoms with Gasteiger partial charge in [0.1, 0.15) is 12.1 Å². The standard InChI is InChI=1S/C10H19NO5/c1-3-5-6-8(10(14)15)11(16)7(4-2)9(12)13/h7-8,16H,3-6H2,1-2H3,(H,12,13)(H,14,15). The number of hydrogen-bond donors (Lipinski definition) is 3. The molecule has 94 valence electrons. The topological polar surface area (TPSA) is 98.1 Å². The van der Waals surface area contributed by atoms with Crippen molar-refractivity contribution in [3.05, 3.63) is 0 Å². The van der Waals surface area contributed by atoms with Gasteiger partial charge < -0.3 is 15.4 Å². The van der Waals surface area contributed by atoms with Crippen LogP contribution in [0.5, 0.6) is 0 Å². The number of hydrogen-bond acceptors (Lipinski definition) is 4. The summed E-state index contributed by atoms with van der Waals surface area (Å²) in [6.07, 6.45) is 1.82. The molecular weight excluding hydrogens is 214 g/mol. The van der Waals surface area contributed by atoms with E-state index >= 15 is 0 Å². The van der Waals surface area contributed by atoms with E-state index in [9.17, 15) is 14.8 Å². The molecule has 0 radical (unpaired) electrons. The molecule has 0 saturated carbocycles. The molecule has 0 aromatic carbocycles. The van der Waals surface area contributed by atoms with Gasteiger partial charge in [0.05, 0.1) is 0 Å². The molecule has 3 N–H and O–H groups in total. The summed E-state index contributed by atoms with van der Waals surface area (Å²) in [4.78, 5) is 21.7. The van der Waals surface area contributed by atoms with Gasteiger partial charge in [-0.25, -0.2) is 0 Å². The molecule has 16 heavy (non-hydrogen) atoms. The van der Waals surface area contributed by atoms with Crippen LogP contribution in [0.1, 0.15) is 39.5 Å². The van der Waals surface area contributed by atoms with Crippen molar-refractivity contribution in [1.29, 1.82) is 0 Å². The zero-order valence-electron chi connectivity index (χ0n) is 9.59. The Balaban J connectivity index is 4.63. The number of carbonyl (C=O) groups is 2. The predicted octanol–water partition coefficient (Wildman–Crippen LogP) is 1.18. The van der Waals surface area contributed by atoms with Crippen molar-refractivity contribution in [3.8, 4) is 0 Å². The van der Waals surface area contributed by atoms with Crippen LogP contribution in [-0.2, 0) is 9.59 Å². The molecule has 6 heteroatoms. The van der Waals surface area contributed by atoms with Crippen molar-refractivity contribution in [2.45, 2.75) is 51.6 Å². The monoisotopic (exact) mass is 233 g/mol. The lowest BCUT2D eigenvalue weighted by atomic mass is 10.1. The van der Waals surface area contributed by atoms with Gasteiger partial charge in [0, 0.05) is 0 Å². The summed E-state index contributed by atoms with van der Waals surface area (Å²) in [5.41, 5.74) is 0. The minimum Gasteiger partial charge on any atom is -0.480 e. The minimum absolute atomic E-state index is 0.155. The smallest absolute Gasteiger partial charge is 0.323 e. The van der Waals surface area contributed by atoms with Crippen molar-refractivity contribution in [3.63, 3.8) is 0 Å². The van der Waals surface area contributed by atoms with Gasteiger partial charge in [0.15, 0.2) is 0 Å². The highest BCUT2D eigenvalue weighted by molar-refractivity contribution is 5.77. The van der Waals surface area contributed by atoms with E-state index < -0.39 is 24.0 Å². The number of carboxylic acid groups (broad SMARTS) is 2. The fourth-order valence-corrected chi connectivity index (χ4v) is 1.46. The second-order valence-electron chi connectivity index (χ2n) is 3.64. The van der Waals surface area contributed by atoms with E-state index in [0.29, 0.717) is 11.5 Å². The lowest BCUT2D eigenvalue weighted by Crippen LogP contribution is -2.48. The Hall–Kier alpha value is -1.14. The molecule has 0 amide bonds. The van der Waals surface area contributed by atoms with Crippen molar-refractivity contribution in [1.82, 2.24) is 5.06 Å². The molecule has 0 fully saturated rings. The Labute approximate surface area is 94.4 Å². The molecule has 0 aliphatic heterocycles. The van der Waals surface area contributed by atoms with E-state index in [1.807, 2.05) is 6.92 Å². The van der Waals surface area contributed by atoms with E-state index in [2.05, 4.69) is 0 Å². The average molecular weight is 233 g/mol. The van der Waals surface area contributed by atoms with Crippen LogP contribution in [0.3, 0.4) is 0 Å². The number of carboxylic acids is 2. The number of unbranched alkanes of at least 4 members (excludes halogenated alkanes) is 1. The van der Waals surface area contributed by atoms with E-state index in [1.165, 1.54) is 0 Å². The maximum atomic E-state index is 10.9. The van der Waals surface area contributed by atoms with Crippen LogP contribution in [0, 0.1) is 0 Å². The molecule has 2 atom stereocenters. The normalized spacial score (nSPS) is 14.8. The molecule has 0 saturated heterocycles. The first-order chi connectivity index (χ1) is 7.45. The summed E-state index contributed by atoms with van der Waals surface area (Å²) < 4.78 is 0. The Kier molecular flexibility index (Phi) is 6.67. The van der Waals surface area contributed by atoms with Gasteiger partial charge in [-0.05, 0) is 12.8 Å². The maximum absolute atomic E-state index is 10.9. The third-order valence-corrected chi connectivity index (χ3v) is 2.43. The van der Waals surface area contributed by atoms with Gasteiger partial charge in [0.25, 0.3) is 0 Å². The second-order valence-corrected chi connectivity index (χ2v) is 3.64. The number of nitrogens with zero attached hydrogens (tertiary/aromatic N) is 1. The molecule has 6 nitrogen and oxygen atoms in total. The molecule has 0 spiro atoms. The van der Waals surface area contributed by atoms with Gasteiger partial charge in [-0.15, -0.1) is 0 Å². The summed E-state index contributed by atoms with van der Waals surface area (Å²) in [7, 11) is 0. The molecule has 0 rings (SSSR count). The zero-order valence-corrected chi connectivity index (χ0v) is 9.59. The first-order valence-electron chi connectivity index (χ1n) is 5.38. The quantitative estimate of drug-likeness (QED) is 0.545. The van der Waals surface area contributed by atoms with Crippen LogP contribution in [0.25, 0.3) is 0 Å². The number of aliphatic carboxylic acids is 2. The van der Waals surface area contributed by atoms with Gasteiger partial charge in [-0.2, -0.15) is 5.06 Å². The molecule has 2 unspecified atom stereocenters. The van der Waals surface area contributed by atoms with Crippen LogP contribution < -0.4 is 0 Å². The van der Waals surface area contributed by atoms with Crippen molar-refractivity contribution in [2.24, 2.45) is 0 Å². The number of hydroxylamine groups is 2. The largest absolute Gasteiger partial charge is 0.480 e. The highest BCUT2D eigenvalue weighted by atomic mass is 16.5. The Morgan fingerprint density at radius 3 is 1.94 bits per heavy atom. The van der Waals surface area contributed by atoms with Crippen molar-refractivity contribution < 1.29 is 25.0 Å². The van der Waals surface area contributed by atoms with Gasteiger partial charge >= 0.3 is 11.9 Å². The van der Waals surface area contributed by atoms with Gasteiger partial charge in [-0.3, -0.25) is 9.59 Å². The fourth-order valence-electron chi connectivity index (χ4n) is 1.46. The Bertz CT molecular complexity index is 243. The van der Waals surface area contributed by atoms with E-state index in [1.54, 1.807) is 6.92 Å². The van der Waals surface area contributed by atoms with Crippen LogP contribution in [0.2, 0.25) is 0 Å². The van der Waals surface area contributed by atoms with E-state index in [-0.39, 0.29) is 12.8 Å². The molecule has 0 aromatic rings. The molecule has 0 heterocycles. The molecule has 0 aliphatic rings. The second kappa shape index (κ2) is 7.19. The molecule has 0 aromatic heterocycles. The SMILES string of the molecule is CCCCC(C(=O)O)N(O)C(CC)C(=O)O. The maximum Gasteiger partial charge on any atom is 0.323 e. The van der Waals surface area contributed by atoms with Gasteiger partial charge in [-0.1, -0.05) is 26.7 Å². The Morgan fingerprint density at radius 1 is 1.12 bits per heavy atom. The van der Waals surface area contributed by atoms with Crippen LogP contribution in [0.4, 0.5) is 0 Å². The highest BCUT2D eigenvalue weighted by Crippen LogP contribution is 2.13. The summed E-state index contributed by atoms with van der Waals surface area (Å²) in [6.45, 7) is 3.48. The summed E-state index contributed by atoms with van der Waals surface area (Å²) in [5.74, 6) is -2.41. The highest BCUT2D eigenvalue weighted by Gasteiger charge is 2.32.